The molecular formula is C26H25ClN6O2. The number of piperazine rings is 1. The standard InChI is InChI=1S/C26H25ClN6O2/c1-2-18-3-5-19(6-4-18)22-17-23(29-28-22)26(35)32-15-13-31(14-16-32)24-11-12-25(34)33(30-24)21-9-7-20(27)8-10-21/h3-12,17H,2,13-16H2,1H3,(H,28,29). The van der Waals surface area contributed by atoms with Gasteiger partial charge in [-0.15, -0.1) is 5.10 Å². The molecule has 1 aliphatic heterocycles. The molecule has 2 aromatic carbocycles. The highest BCUT2D eigenvalue weighted by Gasteiger charge is 2.25. The lowest BCUT2D eigenvalue weighted by atomic mass is 10.1. The average molecular weight is 489 g/mol. The molecule has 0 atom stereocenters. The number of nitrogens with zero attached hydrogens (tertiary/aromatic N) is 5. The summed E-state index contributed by atoms with van der Waals surface area (Å²) in [5.41, 5.74) is 3.89. The van der Waals surface area contributed by atoms with Crippen LogP contribution < -0.4 is 10.5 Å². The highest BCUT2D eigenvalue weighted by Crippen LogP contribution is 2.20. The molecule has 1 fully saturated rings. The first-order valence-corrected chi connectivity index (χ1v) is 11.9. The second-order valence-corrected chi connectivity index (χ2v) is 8.85. The van der Waals surface area contributed by atoms with Crippen LogP contribution in [0.15, 0.2) is 71.5 Å². The number of aromatic nitrogens is 4. The van der Waals surface area contributed by atoms with Gasteiger partial charge in [-0.2, -0.15) is 9.78 Å². The molecule has 9 heteroatoms. The van der Waals surface area contributed by atoms with Gasteiger partial charge in [-0.25, -0.2) is 0 Å². The maximum absolute atomic E-state index is 13.1. The number of hydrogen-bond acceptors (Lipinski definition) is 5. The second-order valence-electron chi connectivity index (χ2n) is 8.41. The minimum absolute atomic E-state index is 0.0762. The van der Waals surface area contributed by atoms with E-state index in [0.29, 0.717) is 48.4 Å². The zero-order valence-corrected chi connectivity index (χ0v) is 20.1. The maximum Gasteiger partial charge on any atom is 0.272 e. The molecule has 35 heavy (non-hydrogen) atoms. The third-order valence-electron chi connectivity index (χ3n) is 6.21. The number of nitrogens with one attached hydrogen (secondary N) is 1. The smallest absolute Gasteiger partial charge is 0.272 e. The van der Waals surface area contributed by atoms with Gasteiger partial charge in [0.1, 0.15) is 11.5 Å². The summed E-state index contributed by atoms with van der Waals surface area (Å²) < 4.78 is 1.36. The van der Waals surface area contributed by atoms with Gasteiger partial charge < -0.3 is 9.80 Å². The Morgan fingerprint density at radius 1 is 0.971 bits per heavy atom. The Labute approximate surface area is 207 Å². The number of halogens is 1. The van der Waals surface area contributed by atoms with Gasteiger partial charge in [0.25, 0.3) is 11.5 Å². The van der Waals surface area contributed by atoms with Gasteiger partial charge in [0.15, 0.2) is 0 Å². The van der Waals surface area contributed by atoms with Crippen molar-refractivity contribution < 1.29 is 4.79 Å². The summed E-state index contributed by atoms with van der Waals surface area (Å²) in [6.07, 6.45) is 0.980. The fourth-order valence-corrected chi connectivity index (χ4v) is 4.26. The van der Waals surface area contributed by atoms with Crippen LogP contribution >= 0.6 is 11.6 Å². The number of benzene rings is 2. The largest absolute Gasteiger partial charge is 0.352 e. The zero-order valence-electron chi connectivity index (χ0n) is 19.3. The molecular weight excluding hydrogens is 464 g/mol. The van der Waals surface area contributed by atoms with Crippen molar-refractivity contribution >= 4 is 23.3 Å². The van der Waals surface area contributed by atoms with Crippen molar-refractivity contribution in [2.75, 3.05) is 31.1 Å². The quantitative estimate of drug-likeness (QED) is 0.461. The summed E-state index contributed by atoms with van der Waals surface area (Å²) in [6, 6.07) is 20.2. The van der Waals surface area contributed by atoms with E-state index in [4.69, 9.17) is 11.6 Å². The molecule has 1 N–H and O–H groups in total. The van der Waals surface area contributed by atoms with Crippen molar-refractivity contribution in [1.82, 2.24) is 24.9 Å². The SMILES string of the molecule is CCc1ccc(-c2cc(C(=O)N3CCN(c4ccc(=O)n(-c5ccc(Cl)cc5)n4)CC3)[nH]n2)cc1. The van der Waals surface area contributed by atoms with Crippen LogP contribution in [0.25, 0.3) is 16.9 Å². The van der Waals surface area contributed by atoms with Crippen LogP contribution in [-0.2, 0) is 6.42 Å². The Hall–Kier alpha value is -3.91. The molecule has 0 radical (unpaired) electrons. The third kappa shape index (κ3) is 4.83. The fourth-order valence-electron chi connectivity index (χ4n) is 4.14. The highest BCUT2D eigenvalue weighted by molar-refractivity contribution is 6.30. The predicted molar refractivity (Wildman–Crippen MR) is 136 cm³/mol. The van der Waals surface area contributed by atoms with Gasteiger partial charge in [-0.3, -0.25) is 14.7 Å². The van der Waals surface area contributed by atoms with E-state index in [1.807, 2.05) is 17.0 Å². The van der Waals surface area contributed by atoms with E-state index in [-0.39, 0.29) is 11.5 Å². The Kier molecular flexibility index (Phi) is 6.37. The number of hydrogen-bond donors (Lipinski definition) is 1. The van der Waals surface area contributed by atoms with E-state index in [1.54, 1.807) is 36.4 Å². The van der Waals surface area contributed by atoms with Gasteiger partial charge in [0, 0.05) is 42.8 Å². The lowest BCUT2D eigenvalue weighted by Crippen LogP contribution is -2.49. The molecule has 1 amide bonds. The van der Waals surface area contributed by atoms with Crippen molar-refractivity contribution in [3.8, 4) is 16.9 Å². The van der Waals surface area contributed by atoms with Gasteiger partial charge in [-0.1, -0.05) is 42.8 Å². The second kappa shape index (κ2) is 9.76. The van der Waals surface area contributed by atoms with Crippen LogP contribution in [0, 0.1) is 0 Å². The van der Waals surface area contributed by atoms with Gasteiger partial charge in [-0.05, 0) is 48.4 Å². The Morgan fingerprint density at radius 2 is 1.69 bits per heavy atom. The monoisotopic (exact) mass is 488 g/mol. The molecule has 4 aromatic rings. The molecule has 0 spiro atoms. The van der Waals surface area contributed by atoms with Crippen molar-refractivity contribution in [2.45, 2.75) is 13.3 Å². The average Bonchev–Trinajstić information content (AvgIpc) is 3.40. The molecule has 3 heterocycles. The van der Waals surface area contributed by atoms with E-state index in [9.17, 15) is 9.59 Å². The topological polar surface area (TPSA) is 87.1 Å². The zero-order chi connectivity index (χ0) is 24.4. The molecule has 1 saturated heterocycles. The molecule has 8 nitrogen and oxygen atoms in total. The minimum Gasteiger partial charge on any atom is -0.352 e. The first-order chi connectivity index (χ1) is 17.0. The molecule has 1 aliphatic rings. The number of amides is 1. The molecule has 5 rings (SSSR count). The van der Waals surface area contributed by atoms with E-state index >= 15 is 0 Å². The number of H-pyrrole nitrogens is 1. The van der Waals surface area contributed by atoms with Crippen LogP contribution in [0.4, 0.5) is 5.82 Å². The van der Waals surface area contributed by atoms with E-state index in [0.717, 1.165) is 17.7 Å². The van der Waals surface area contributed by atoms with Gasteiger partial charge in [0.05, 0.1) is 11.4 Å². The molecule has 0 saturated carbocycles. The summed E-state index contributed by atoms with van der Waals surface area (Å²) >= 11 is 5.96. The maximum atomic E-state index is 13.1. The number of carbonyl (C=O) groups excluding carboxylic acids is 1. The van der Waals surface area contributed by atoms with Crippen LogP contribution in [0.2, 0.25) is 5.02 Å². The number of anilines is 1. The fraction of sp³-hybridized carbons (Fsp3) is 0.231. The summed E-state index contributed by atoms with van der Waals surface area (Å²) in [6.45, 7) is 4.42. The lowest BCUT2D eigenvalue weighted by Gasteiger charge is -2.35. The molecule has 178 valence electrons. The summed E-state index contributed by atoms with van der Waals surface area (Å²) in [5, 5.41) is 12.4. The molecule has 0 aliphatic carbocycles. The first-order valence-electron chi connectivity index (χ1n) is 11.6. The highest BCUT2D eigenvalue weighted by atomic mass is 35.5. The Balaban J connectivity index is 1.25. The molecule has 0 bridgehead atoms. The summed E-state index contributed by atoms with van der Waals surface area (Å²) in [4.78, 5) is 29.3. The van der Waals surface area contributed by atoms with Crippen LogP contribution in [0.1, 0.15) is 23.0 Å². The van der Waals surface area contributed by atoms with E-state index < -0.39 is 0 Å². The number of aryl methyl sites for hydroxylation is 1. The van der Waals surface area contributed by atoms with Crippen molar-refractivity contribution in [3.05, 3.63) is 93.4 Å². The van der Waals surface area contributed by atoms with E-state index in [2.05, 4.69) is 39.3 Å². The summed E-state index contributed by atoms with van der Waals surface area (Å²) in [5.74, 6) is 0.610. The van der Waals surface area contributed by atoms with Crippen molar-refractivity contribution in [2.24, 2.45) is 0 Å². The van der Waals surface area contributed by atoms with Crippen LogP contribution in [-0.4, -0.2) is 57.0 Å². The lowest BCUT2D eigenvalue weighted by molar-refractivity contribution is 0.0740. The first kappa shape index (κ1) is 22.9. The van der Waals surface area contributed by atoms with Gasteiger partial charge >= 0.3 is 0 Å². The third-order valence-corrected chi connectivity index (χ3v) is 6.47. The minimum atomic E-state index is -0.218. The van der Waals surface area contributed by atoms with Gasteiger partial charge in [0.2, 0.25) is 0 Å². The normalized spacial score (nSPS) is 13.8. The Bertz CT molecular complexity index is 1390. The number of aromatic amines is 1. The van der Waals surface area contributed by atoms with Crippen molar-refractivity contribution in [3.63, 3.8) is 0 Å². The van der Waals surface area contributed by atoms with E-state index in [1.165, 1.54) is 16.3 Å². The van der Waals surface area contributed by atoms with Crippen molar-refractivity contribution in [1.29, 1.82) is 0 Å². The van der Waals surface area contributed by atoms with Crippen LogP contribution in [0.5, 0.6) is 0 Å². The van der Waals surface area contributed by atoms with Crippen LogP contribution in [0.3, 0.4) is 0 Å². The molecule has 2 aromatic heterocycles. The Morgan fingerprint density at radius 3 is 2.37 bits per heavy atom. The predicted octanol–water partition coefficient (Wildman–Crippen LogP) is 3.80. The summed E-state index contributed by atoms with van der Waals surface area (Å²) in [7, 11) is 0. The number of rotatable bonds is 5. The molecule has 0 unspecified atom stereocenters. The number of carbonyl (C=O) groups is 1.